The molecule has 10 nitrogen and oxygen atoms in total. The lowest BCUT2D eigenvalue weighted by molar-refractivity contribution is -0.389. The minimum absolute atomic E-state index is 0.0238. The predicted molar refractivity (Wildman–Crippen MR) is 103 cm³/mol. The minimum Gasteiger partial charge on any atom is -0.484 e. The molecular weight excluding hydrogens is 378 g/mol. The van der Waals surface area contributed by atoms with Gasteiger partial charge in [0.2, 0.25) is 0 Å². The number of imidazole rings is 1. The first-order valence-electron chi connectivity index (χ1n) is 9.50. The summed E-state index contributed by atoms with van der Waals surface area (Å²) in [5.74, 6) is 0.458. The topological polar surface area (TPSA) is 103 Å². The Morgan fingerprint density at radius 3 is 2.66 bits per heavy atom. The molecule has 154 valence electrons. The first kappa shape index (κ1) is 19.2. The molecule has 0 spiro atoms. The molecule has 0 saturated carbocycles. The highest BCUT2D eigenvalue weighted by molar-refractivity contribution is 5.77. The van der Waals surface area contributed by atoms with Gasteiger partial charge in [0.15, 0.2) is 6.61 Å². The maximum Gasteiger partial charge on any atom is 0.415 e. The molecular formula is C19H23N5O5. The van der Waals surface area contributed by atoms with Crippen molar-refractivity contribution in [1.29, 1.82) is 0 Å². The van der Waals surface area contributed by atoms with E-state index in [1.807, 2.05) is 42.2 Å². The minimum atomic E-state index is -0.524. The monoisotopic (exact) mass is 401 g/mol. The third-order valence-corrected chi connectivity index (χ3v) is 5.15. The van der Waals surface area contributed by atoms with Crippen LogP contribution in [-0.4, -0.2) is 75.1 Å². The molecule has 0 radical (unpaired) electrons. The van der Waals surface area contributed by atoms with Gasteiger partial charge in [0.25, 0.3) is 5.91 Å². The van der Waals surface area contributed by atoms with Crippen LogP contribution in [0.5, 0.6) is 11.8 Å². The fourth-order valence-electron chi connectivity index (χ4n) is 3.75. The van der Waals surface area contributed by atoms with Crippen LogP contribution in [-0.2, 0) is 11.3 Å². The van der Waals surface area contributed by atoms with Gasteiger partial charge in [0, 0.05) is 37.7 Å². The summed E-state index contributed by atoms with van der Waals surface area (Å²) in [7, 11) is 0. The molecule has 1 amide bonds. The lowest BCUT2D eigenvalue weighted by atomic mass is 10.1. The van der Waals surface area contributed by atoms with Crippen LogP contribution in [0.2, 0.25) is 0 Å². The normalized spacial score (nSPS) is 21.5. The van der Waals surface area contributed by atoms with Crippen molar-refractivity contribution in [2.45, 2.75) is 19.1 Å². The third kappa shape index (κ3) is 4.32. The SMILES string of the molecule is CC1(CN2CCN(C(=O)COc3ccccc3)CC2)Cn2cc([N+](=O)[O-])nc2O1. The number of nitrogens with zero attached hydrogens (tertiary/aromatic N) is 5. The van der Waals surface area contributed by atoms with E-state index in [0.29, 0.717) is 31.9 Å². The summed E-state index contributed by atoms with van der Waals surface area (Å²) in [5, 5.41) is 10.8. The highest BCUT2D eigenvalue weighted by Gasteiger charge is 2.41. The summed E-state index contributed by atoms with van der Waals surface area (Å²) in [6.07, 6.45) is 1.41. The maximum atomic E-state index is 12.4. The number of nitro groups is 1. The largest absolute Gasteiger partial charge is 0.484 e. The van der Waals surface area contributed by atoms with Crippen LogP contribution in [0, 0.1) is 10.1 Å². The van der Waals surface area contributed by atoms with E-state index in [1.54, 1.807) is 4.57 Å². The average Bonchev–Trinajstić information content (AvgIpc) is 3.22. The first-order chi connectivity index (χ1) is 13.9. The van der Waals surface area contributed by atoms with Crippen LogP contribution in [0.15, 0.2) is 36.5 Å². The van der Waals surface area contributed by atoms with E-state index in [2.05, 4.69) is 9.88 Å². The number of ether oxygens (including phenoxy) is 2. The Balaban J connectivity index is 1.24. The quantitative estimate of drug-likeness (QED) is 0.529. The molecule has 1 fully saturated rings. The number of hydrogen-bond donors (Lipinski definition) is 0. The number of fused-ring (bicyclic) bond motifs is 1. The summed E-state index contributed by atoms with van der Waals surface area (Å²) >= 11 is 0. The van der Waals surface area contributed by atoms with Crippen molar-refractivity contribution in [3.63, 3.8) is 0 Å². The Labute approximate surface area is 167 Å². The van der Waals surface area contributed by atoms with Crippen molar-refractivity contribution in [3.8, 4) is 11.8 Å². The average molecular weight is 401 g/mol. The molecule has 4 rings (SSSR count). The molecule has 10 heteroatoms. The van der Waals surface area contributed by atoms with Gasteiger partial charge in [-0.1, -0.05) is 18.2 Å². The second-order valence-electron chi connectivity index (χ2n) is 7.58. The van der Waals surface area contributed by atoms with Crippen molar-refractivity contribution in [2.24, 2.45) is 0 Å². The lowest BCUT2D eigenvalue weighted by Gasteiger charge is -2.37. The molecule has 1 atom stereocenters. The van der Waals surface area contributed by atoms with Gasteiger partial charge in [-0.3, -0.25) is 14.3 Å². The van der Waals surface area contributed by atoms with Gasteiger partial charge >= 0.3 is 11.8 Å². The zero-order valence-electron chi connectivity index (χ0n) is 16.2. The van der Waals surface area contributed by atoms with E-state index < -0.39 is 10.5 Å². The highest BCUT2D eigenvalue weighted by Crippen LogP contribution is 2.31. The number of para-hydroxylation sites is 1. The van der Waals surface area contributed by atoms with Crippen molar-refractivity contribution >= 4 is 11.7 Å². The van der Waals surface area contributed by atoms with Gasteiger partial charge in [-0.15, -0.1) is 0 Å². The second kappa shape index (κ2) is 7.70. The summed E-state index contributed by atoms with van der Waals surface area (Å²) in [6.45, 7) is 5.90. The Kier molecular flexibility index (Phi) is 5.10. The fourth-order valence-corrected chi connectivity index (χ4v) is 3.75. The first-order valence-corrected chi connectivity index (χ1v) is 9.50. The van der Waals surface area contributed by atoms with Crippen LogP contribution < -0.4 is 9.47 Å². The number of rotatable bonds is 6. The zero-order valence-corrected chi connectivity index (χ0v) is 16.2. The smallest absolute Gasteiger partial charge is 0.415 e. The van der Waals surface area contributed by atoms with Gasteiger partial charge in [-0.25, -0.2) is 0 Å². The molecule has 1 saturated heterocycles. The number of carbonyl (C=O) groups is 1. The Morgan fingerprint density at radius 2 is 2.00 bits per heavy atom. The summed E-state index contributed by atoms with van der Waals surface area (Å²) in [6, 6.07) is 9.57. The predicted octanol–water partition coefficient (Wildman–Crippen LogP) is 1.17. The standard InChI is InChI=1S/C19H23N5O5/c1-19(14-23-11-16(24(26)27)20-18(23)29-19)13-21-7-9-22(10-8-21)17(25)12-28-15-5-3-2-4-6-15/h2-6,11H,7-10,12-14H2,1H3. The molecule has 1 unspecified atom stereocenters. The van der Waals surface area contributed by atoms with Gasteiger partial charge in [0.05, 0.1) is 6.54 Å². The summed E-state index contributed by atoms with van der Waals surface area (Å²) in [4.78, 5) is 30.6. The van der Waals surface area contributed by atoms with Gasteiger partial charge < -0.3 is 24.5 Å². The number of benzene rings is 1. The van der Waals surface area contributed by atoms with E-state index in [0.717, 1.165) is 13.1 Å². The molecule has 2 aliphatic rings. The van der Waals surface area contributed by atoms with Crippen LogP contribution in [0.25, 0.3) is 0 Å². The van der Waals surface area contributed by atoms with Crippen LogP contribution >= 0.6 is 0 Å². The van der Waals surface area contributed by atoms with Gasteiger partial charge in [0.1, 0.15) is 17.5 Å². The molecule has 3 heterocycles. The highest BCUT2D eigenvalue weighted by atomic mass is 16.6. The molecule has 1 aromatic carbocycles. The van der Waals surface area contributed by atoms with Gasteiger partial charge in [-0.05, 0) is 24.0 Å². The van der Waals surface area contributed by atoms with Crippen molar-refractivity contribution < 1.29 is 19.2 Å². The maximum absolute atomic E-state index is 12.4. The third-order valence-electron chi connectivity index (χ3n) is 5.15. The zero-order chi connectivity index (χ0) is 20.4. The van der Waals surface area contributed by atoms with E-state index in [9.17, 15) is 14.9 Å². The molecule has 2 aromatic rings. The van der Waals surface area contributed by atoms with Crippen LogP contribution in [0.4, 0.5) is 5.82 Å². The Morgan fingerprint density at radius 1 is 1.28 bits per heavy atom. The Bertz CT molecular complexity index is 868. The lowest BCUT2D eigenvalue weighted by Crippen LogP contribution is -2.54. The molecule has 2 aliphatic heterocycles. The molecule has 29 heavy (non-hydrogen) atoms. The van der Waals surface area contributed by atoms with Crippen molar-refractivity contribution in [2.75, 3.05) is 39.3 Å². The number of aromatic nitrogens is 2. The molecule has 0 bridgehead atoms. The van der Waals surface area contributed by atoms with E-state index in [-0.39, 0.29) is 24.3 Å². The number of piperazine rings is 1. The summed E-state index contributed by atoms with van der Waals surface area (Å²) < 4.78 is 13.1. The molecule has 1 aromatic heterocycles. The second-order valence-corrected chi connectivity index (χ2v) is 7.58. The number of amides is 1. The van der Waals surface area contributed by atoms with Crippen LogP contribution in [0.1, 0.15) is 6.92 Å². The Hall–Kier alpha value is -3.14. The van der Waals surface area contributed by atoms with E-state index in [4.69, 9.17) is 9.47 Å². The fraction of sp³-hybridized carbons (Fsp3) is 0.474. The number of carbonyl (C=O) groups excluding carboxylic acids is 1. The molecule has 0 N–H and O–H groups in total. The van der Waals surface area contributed by atoms with Crippen molar-refractivity contribution in [1.82, 2.24) is 19.4 Å². The van der Waals surface area contributed by atoms with Crippen molar-refractivity contribution in [3.05, 3.63) is 46.6 Å². The number of hydrogen-bond acceptors (Lipinski definition) is 7. The van der Waals surface area contributed by atoms with Gasteiger partial charge in [-0.2, -0.15) is 0 Å². The summed E-state index contributed by atoms with van der Waals surface area (Å²) in [5.41, 5.74) is -0.500. The molecule has 0 aliphatic carbocycles. The van der Waals surface area contributed by atoms with Crippen LogP contribution in [0.3, 0.4) is 0 Å². The van der Waals surface area contributed by atoms with E-state index >= 15 is 0 Å². The van der Waals surface area contributed by atoms with E-state index in [1.165, 1.54) is 6.20 Å².